The van der Waals surface area contributed by atoms with Crippen molar-refractivity contribution in [2.45, 2.75) is 19.3 Å². The lowest BCUT2D eigenvalue weighted by molar-refractivity contribution is 0.624. The molecule has 9 rings (SSSR count). The van der Waals surface area contributed by atoms with Crippen molar-refractivity contribution in [3.63, 3.8) is 0 Å². The third-order valence-electron chi connectivity index (χ3n) is 10.1. The van der Waals surface area contributed by atoms with Gasteiger partial charge in [0.05, 0.1) is 5.52 Å². The van der Waals surface area contributed by atoms with Gasteiger partial charge in [-0.1, -0.05) is 141 Å². The fourth-order valence-corrected chi connectivity index (χ4v) is 7.94. The van der Waals surface area contributed by atoms with Gasteiger partial charge < -0.3 is 9.47 Å². The third-order valence-corrected chi connectivity index (χ3v) is 10.1. The molecular weight excluding hydrogens is 593 g/mol. The van der Waals surface area contributed by atoms with Crippen molar-refractivity contribution >= 4 is 28.0 Å². The molecule has 1 heterocycles. The number of fused-ring (bicyclic) bond motifs is 5. The summed E-state index contributed by atoms with van der Waals surface area (Å²) in [6.45, 7) is 4.73. The van der Waals surface area contributed by atoms with Gasteiger partial charge >= 0.3 is 0 Å². The van der Waals surface area contributed by atoms with E-state index in [9.17, 15) is 0 Å². The van der Waals surface area contributed by atoms with Crippen LogP contribution in [-0.4, -0.2) is 4.57 Å². The lowest BCUT2D eigenvalue weighted by atomic mass is 9.85. The van der Waals surface area contributed by atoms with Crippen LogP contribution in [0.25, 0.3) is 50.0 Å². The Morgan fingerprint density at radius 2 is 1.00 bits per heavy atom. The van der Waals surface area contributed by atoms with Gasteiger partial charge in [0.25, 0.3) is 0 Å². The van der Waals surface area contributed by atoms with Crippen LogP contribution in [0.15, 0.2) is 182 Å². The maximum Gasteiger partial charge on any atom is 0.0539 e. The van der Waals surface area contributed by atoms with Crippen molar-refractivity contribution in [1.29, 1.82) is 0 Å². The highest BCUT2D eigenvalue weighted by molar-refractivity contribution is 6.05. The van der Waals surface area contributed by atoms with Gasteiger partial charge in [-0.15, -0.1) is 0 Å². The molecule has 8 aromatic rings. The van der Waals surface area contributed by atoms with E-state index in [4.69, 9.17) is 0 Å². The van der Waals surface area contributed by atoms with Gasteiger partial charge in [0, 0.05) is 44.8 Å². The highest BCUT2D eigenvalue weighted by atomic mass is 15.1. The zero-order chi connectivity index (χ0) is 33.0. The van der Waals surface area contributed by atoms with Crippen LogP contribution in [0.4, 0.5) is 17.1 Å². The van der Waals surface area contributed by atoms with Crippen LogP contribution in [-0.2, 0) is 5.41 Å². The number of benzene rings is 7. The Labute approximate surface area is 288 Å². The topological polar surface area (TPSA) is 8.17 Å². The summed E-state index contributed by atoms with van der Waals surface area (Å²) in [5, 5.41) is 1.26. The maximum atomic E-state index is 2.49. The lowest BCUT2D eigenvalue weighted by Crippen LogP contribution is -2.19. The molecule has 0 fully saturated rings. The van der Waals surface area contributed by atoms with Crippen molar-refractivity contribution in [3.05, 3.63) is 193 Å². The van der Waals surface area contributed by atoms with Crippen LogP contribution in [0.1, 0.15) is 25.1 Å². The van der Waals surface area contributed by atoms with E-state index in [1.165, 1.54) is 61.2 Å². The first kappa shape index (κ1) is 29.1. The van der Waals surface area contributed by atoms with Gasteiger partial charge in [0.15, 0.2) is 0 Å². The zero-order valence-electron chi connectivity index (χ0n) is 27.7. The molecule has 234 valence electrons. The largest absolute Gasteiger partial charge is 0.312 e. The minimum Gasteiger partial charge on any atom is -0.312 e. The predicted molar refractivity (Wildman–Crippen MR) is 206 cm³/mol. The molecule has 0 radical (unpaired) electrons. The van der Waals surface area contributed by atoms with Crippen LogP contribution < -0.4 is 4.90 Å². The second-order valence-electron chi connectivity index (χ2n) is 13.4. The summed E-state index contributed by atoms with van der Waals surface area (Å²) >= 11 is 0. The van der Waals surface area contributed by atoms with E-state index in [0.717, 1.165) is 17.1 Å². The number of nitrogens with zero attached hydrogens (tertiary/aromatic N) is 2. The summed E-state index contributed by atoms with van der Waals surface area (Å²) < 4.78 is 2.49. The monoisotopic (exact) mass is 628 g/mol. The Kier molecular flexibility index (Phi) is 6.84. The Morgan fingerprint density at radius 1 is 0.449 bits per heavy atom. The second kappa shape index (κ2) is 11.5. The van der Waals surface area contributed by atoms with Gasteiger partial charge in [-0.05, 0) is 88.0 Å². The van der Waals surface area contributed by atoms with E-state index < -0.39 is 0 Å². The minimum atomic E-state index is -0.152. The first-order valence-corrected chi connectivity index (χ1v) is 17.0. The van der Waals surface area contributed by atoms with Crippen molar-refractivity contribution in [2.24, 2.45) is 0 Å². The fraction of sp³-hybridized carbons (Fsp3) is 0.0638. The summed E-state index contributed by atoms with van der Waals surface area (Å²) in [7, 11) is 0. The van der Waals surface area contributed by atoms with Crippen molar-refractivity contribution in [1.82, 2.24) is 4.57 Å². The Morgan fingerprint density at radius 3 is 1.73 bits per heavy atom. The molecule has 0 saturated heterocycles. The average molecular weight is 629 g/mol. The summed E-state index contributed by atoms with van der Waals surface area (Å²) in [5.74, 6) is 0. The highest BCUT2D eigenvalue weighted by Gasteiger charge is 2.40. The van der Waals surface area contributed by atoms with Crippen molar-refractivity contribution in [2.75, 3.05) is 4.90 Å². The number of hydrogen-bond acceptors (Lipinski definition) is 1. The molecule has 7 aromatic carbocycles. The summed E-state index contributed by atoms with van der Waals surface area (Å²) in [4.78, 5) is 2.40. The number of anilines is 3. The molecule has 0 spiro atoms. The Hall–Kier alpha value is -6.12. The molecular formula is C47H36N2. The molecule has 1 aromatic heterocycles. The van der Waals surface area contributed by atoms with Crippen LogP contribution in [0.3, 0.4) is 0 Å². The molecule has 0 unspecified atom stereocenters. The first-order chi connectivity index (χ1) is 24.1. The van der Waals surface area contributed by atoms with Crippen molar-refractivity contribution < 1.29 is 0 Å². The SMILES string of the molecule is CC1(C)c2ccccc2-c2c1n(-c1ccccc1)c1ccc(N(c3ccccc3)c3cccc(-c4ccccc4-c4ccccc4)c3)cc21. The fourth-order valence-electron chi connectivity index (χ4n) is 7.94. The second-order valence-corrected chi connectivity index (χ2v) is 13.4. The van der Waals surface area contributed by atoms with Crippen LogP contribution >= 0.6 is 0 Å². The zero-order valence-corrected chi connectivity index (χ0v) is 27.7. The van der Waals surface area contributed by atoms with E-state index in [1.54, 1.807) is 0 Å². The number of rotatable bonds is 6. The smallest absolute Gasteiger partial charge is 0.0539 e. The number of aromatic nitrogens is 1. The standard InChI is InChI=1S/C47H36N2/c1-47(2)43-28-15-14-27-41(43)45-42-32-38(29-30-44(42)49(46(45)47)36-22-10-5-11-23-36)48(35-20-8-4-9-21-35)37-24-16-19-34(31-37)40-26-13-12-25-39(40)33-17-6-3-7-18-33/h3-32H,1-2H3. The van der Waals surface area contributed by atoms with Gasteiger partial charge in [-0.2, -0.15) is 0 Å². The molecule has 0 N–H and O–H groups in total. The molecule has 1 aliphatic carbocycles. The Bertz CT molecular complexity index is 2450. The van der Waals surface area contributed by atoms with Gasteiger partial charge in [-0.3, -0.25) is 0 Å². The van der Waals surface area contributed by atoms with E-state index in [2.05, 4.69) is 205 Å². The normalized spacial score (nSPS) is 12.9. The lowest BCUT2D eigenvalue weighted by Gasteiger charge is -2.27. The summed E-state index contributed by atoms with van der Waals surface area (Å²) in [6.07, 6.45) is 0. The molecule has 0 bridgehead atoms. The Balaban J connectivity index is 1.27. The van der Waals surface area contributed by atoms with E-state index in [-0.39, 0.29) is 5.41 Å². The van der Waals surface area contributed by atoms with Crippen LogP contribution in [0.5, 0.6) is 0 Å². The van der Waals surface area contributed by atoms with E-state index in [1.807, 2.05) is 0 Å². The number of para-hydroxylation sites is 2. The predicted octanol–water partition coefficient (Wildman–Crippen LogP) is 12.7. The minimum absolute atomic E-state index is 0.152. The molecule has 0 amide bonds. The quantitative estimate of drug-likeness (QED) is 0.178. The van der Waals surface area contributed by atoms with Crippen LogP contribution in [0.2, 0.25) is 0 Å². The van der Waals surface area contributed by atoms with Gasteiger partial charge in [-0.25, -0.2) is 0 Å². The van der Waals surface area contributed by atoms with Gasteiger partial charge in [0.2, 0.25) is 0 Å². The maximum absolute atomic E-state index is 2.49. The third kappa shape index (κ3) is 4.71. The average Bonchev–Trinajstić information content (AvgIpc) is 3.63. The number of hydrogen-bond donors (Lipinski definition) is 0. The molecule has 0 saturated carbocycles. The van der Waals surface area contributed by atoms with Crippen molar-refractivity contribution in [3.8, 4) is 39.1 Å². The van der Waals surface area contributed by atoms with Gasteiger partial charge in [0.1, 0.15) is 0 Å². The molecule has 2 nitrogen and oxygen atoms in total. The first-order valence-electron chi connectivity index (χ1n) is 17.0. The summed E-state index contributed by atoms with van der Waals surface area (Å²) in [5.41, 5.74) is 15.9. The molecule has 0 atom stereocenters. The molecule has 2 heteroatoms. The van der Waals surface area contributed by atoms with E-state index >= 15 is 0 Å². The molecule has 1 aliphatic rings. The van der Waals surface area contributed by atoms with Crippen LogP contribution in [0, 0.1) is 0 Å². The summed E-state index contributed by atoms with van der Waals surface area (Å²) in [6, 6.07) is 65.9. The molecule has 0 aliphatic heterocycles. The molecule has 49 heavy (non-hydrogen) atoms. The highest BCUT2D eigenvalue weighted by Crippen LogP contribution is 2.54. The van der Waals surface area contributed by atoms with E-state index in [0.29, 0.717) is 0 Å².